The first-order valence-electron chi connectivity index (χ1n) is 8.23. The summed E-state index contributed by atoms with van der Waals surface area (Å²) in [5.74, 6) is 0. The van der Waals surface area contributed by atoms with Gasteiger partial charge in [-0.2, -0.15) is 0 Å². The minimum Gasteiger partial charge on any atom is -1.00 e. The van der Waals surface area contributed by atoms with Crippen LogP contribution >= 0.6 is 0 Å². The Morgan fingerprint density at radius 3 is 1.29 bits per heavy atom. The van der Waals surface area contributed by atoms with Crippen molar-refractivity contribution in [1.82, 2.24) is 0 Å². The van der Waals surface area contributed by atoms with Gasteiger partial charge in [-0.3, -0.25) is 0 Å². The predicted octanol–water partition coefficient (Wildman–Crippen LogP) is 6.36. The predicted molar refractivity (Wildman–Crippen MR) is 83.2 cm³/mol. The molecule has 0 bridgehead atoms. The van der Waals surface area contributed by atoms with Gasteiger partial charge in [0.2, 0.25) is 0 Å². The summed E-state index contributed by atoms with van der Waals surface area (Å²) < 4.78 is 0. The molecule has 0 aromatic heterocycles. The minimum atomic E-state index is 0. The zero-order valence-corrected chi connectivity index (χ0v) is 13.6. The van der Waals surface area contributed by atoms with Gasteiger partial charge in [0.25, 0.3) is 0 Å². The molecular formula is C16H35Al. The molecule has 0 aliphatic rings. The van der Waals surface area contributed by atoms with Crippen LogP contribution in [-0.4, -0.2) is 15.2 Å². The van der Waals surface area contributed by atoms with Gasteiger partial charge in [-0.05, 0) is 0 Å². The summed E-state index contributed by atoms with van der Waals surface area (Å²) in [6.07, 6.45) is 17.6. The van der Waals surface area contributed by atoms with Gasteiger partial charge in [-0.15, -0.1) is 0 Å². The van der Waals surface area contributed by atoms with Crippen LogP contribution in [-0.2, 0) is 0 Å². The van der Waals surface area contributed by atoms with E-state index in [1.807, 2.05) is 0 Å². The molecule has 0 heterocycles. The number of hydrogen-bond acceptors (Lipinski definition) is 0. The molecule has 0 aromatic rings. The summed E-state index contributed by atoms with van der Waals surface area (Å²) in [5, 5.41) is 3.14. The molecule has 1 heteroatoms. The smallest absolute Gasteiger partial charge is 1.00 e. The average Bonchev–Trinajstić information content (AvgIpc) is 2.35. The van der Waals surface area contributed by atoms with Gasteiger partial charge in [0.1, 0.15) is 0 Å². The van der Waals surface area contributed by atoms with Crippen molar-refractivity contribution >= 4 is 15.2 Å². The fraction of sp³-hybridized carbons (Fsp3) is 1.00. The zero-order chi connectivity index (χ0) is 12.6. The molecule has 0 saturated carbocycles. The molecule has 0 radical (unpaired) electrons. The quantitative estimate of drug-likeness (QED) is 0.250. The molecule has 0 saturated heterocycles. The van der Waals surface area contributed by atoms with Crippen molar-refractivity contribution in [2.75, 3.05) is 0 Å². The van der Waals surface area contributed by atoms with Crippen molar-refractivity contribution in [3.05, 3.63) is 0 Å². The van der Waals surface area contributed by atoms with Crippen molar-refractivity contribution < 1.29 is 1.43 Å². The van der Waals surface area contributed by atoms with Crippen LogP contribution in [0.25, 0.3) is 0 Å². The molecule has 0 unspecified atom stereocenters. The summed E-state index contributed by atoms with van der Waals surface area (Å²) >= 11 is 0.794. The topological polar surface area (TPSA) is 0 Å². The van der Waals surface area contributed by atoms with Crippen LogP contribution in [0.5, 0.6) is 0 Å². The van der Waals surface area contributed by atoms with Crippen LogP contribution in [0.1, 0.15) is 92.3 Å². The van der Waals surface area contributed by atoms with Crippen molar-refractivity contribution in [3.8, 4) is 0 Å². The summed E-state index contributed by atoms with van der Waals surface area (Å²) in [5.41, 5.74) is 0. The molecule has 0 spiro atoms. The normalized spacial score (nSPS) is 10.5. The summed E-state index contributed by atoms with van der Waals surface area (Å²) in [6.45, 7) is 4.59. The van der Waals surface area contributed by atoms with Gasteiger partial charge in [-0.25, -0.2) is 0 Å². The van der Waals surface area contributed by atoms with Crippen LogP contribution in [0.3, 0.4) is 0 Å². The van der Waals surface area contributed by atoms with E-state index < -0.39 is 0 Å². The monoisotopic (exact) mass is 254 g/mol. The van der Waals surface area contributed by atoms with Crippen LogP contribution in [0.15, 0.2) is 0 Å². The van der Waals surface area contributed by atoms with Crippen LogP contribution < -0.4 is 0 Å². The maximum Gasteiger partial charge on any atom is -1.00 e. The average molecular weight is 254 g/mol. The molecule has 0 aromatic carbocycles. The largest absolute Gasteiger partial charge is 1.00 e. The van der Waals surface area contributed by atoms with Gasteiger partial charge in [0.05, 0.1) is 0 Å². The Labute approximate surface area is 118 Å². The first-order chi connectivity index (χ1) is 8.41. The van der Waals surface area contributed by atoms with E-state index in [0.717, 1.165) is 15.2 Å². The molecule has 0 atom stereocenters. The maximum absolute atomic E-state index is 2.30. The van der Waals surface area contributed by atoms with E-state index in [4.69, 9.17) is 0 Å². The standard InChI is InChI=1S/2C8H17.Al.H/c2*1-3-5-7-8-6-4-2;;/h2*1,3-8H2,2H3;;/q;;+1;-1. The van der Waals surface area contributed by atoms with Crippen LogP contribution in [0.2, 0.25) is 10.6 Å². The van der Waals surface area contributed by atoms with E-state index >= 15 is 0 Å². The third kappa shape index (κ3) is 16.5. The van der Waals surface area contributed by atoms with E-state index in [1.54, 1.807) is 10.6 Å². The van der Waals surface area contributed by atoms with Crippen molar-refractivity contribution in [1.29, 1.82) is 0 Å². The number of hydrogen-bond donors (Lipinski definition) is 0. The SMILES string of the molecule is CCCCCCC[CH2][Al+][CH2]CCCCCCC.[H-]. The van der Waals surface area contributed by atoms with Gasteiger partial charge in [-0.1, -0.05) is 0 Å². The first-order valence-corrected chi connectivity index (χ1v) is 9.86. The second-order valence-electron chi connectivity index (χ2n) is 5.40. The molecule has 0 nitrogen and oxygen atoms in total. The van der Waals surface area contributed by atoms with Crippen LogP contribution in [0, 0.1) is 0 Å². The Kier molecular flexibility index (Phi) is 17.1. The molecule has 102 valence electrons. The fourth-order valence-electron chi connectivity index (χ4n) is 2.28. The number of unbranched alkanes of at least 4 members (excludes halogenated alkanes) is 10. The molecule has 0 aliphatic heterocycles. The Morgan fingerprint density at radius 1 is 0.529 bits per heavy atom. The van der Waals surface area contributed by atoms with E-state index in [9.17, 15) is 0 Å². The van der Waals surface area contributed by atoms with E-state index in [2.05, 4.69) is 13.8 Å². The summed E-state index contributed by atoms with van der Waals surface area (Å²) in [7, 11) is 0. The molecule has 0 amide bonds. The first kappa shape index (κ1) is 17.5. The zero-order valence-electron chi connectivity index (χ0n) is 13.5. The molecule has 0 aliphatic carbocycles. The third-order valence-electron chi connectivity index (χ3n) is 3.52. The van der Waals surface area contributed by atoms with E-state index in [0.29, 0.717) is 0 Å². The molecule has 17 heavy (non-hydrogen) atoms. The van der Waals surface area contributed by atoms with Gasteiger partial charge < -0.3 is 1.43 Å². The molecule has 0 rings (SSSR count). The molecular weight excluding hydrogens is 219 g/mol. The second kappa shape index (κ2) is 16.5. The fourth-order valence-corrected chi connectivity index (χ4v) is 3.73. The molecule has 0 fully saturated rings. The molecule has 0 N–H and O–H groups in total. The second-order valence-corrected chi connectivity index (χ2v) is 7.13. The van der Waals surface area contributed by atoms with Gasteiger partial charge in [0, 0.05) is 0 Å². The Bertz CT molecular complexity index is 114. The van der Waals surface area contributed by atoms with Crippen molar-refractivity contribution in [2.24, 2.45) is 0 Å². The van der Waals surface area contributed by atoms with Gasteiger partial charge >= 0.3 is 117 Å². The third-order valence-corrected chi connectivity index (χ3v) is 5.16. The van der Waals surface area contributed by atoms with Crippen molar-refractivity contribution in [3.63, 3.8) is 0 Å². The maximum atomic E-state index is 2.30. The van der Waals surface area contributed by atoms with E-state index in [-0.39, 0.29) is 1.43 Å². The minimum absolute atomic E-state index is 0. The summed E-state index contributed by atoms with van der Waals surface area (Å²) in [6, 6.07) is 0. The summed E-state index contributed by atoms with van der Waals surface area (Å²) in [4.78, 5) is 0. The van der Waals surface area contributed by atoms with Gasteiger partial charge in [0.15, 0.2) is 0 Å². The van der Waals surface area contributed by atoms with E-state index in [1.165, 1.54) is 77.0 Å². The van der Waals surface area contributed by atoms with Crippen molar-refractivity contribution in [2.45, 2.75) is 101 Å². The Morgan fingerprint density at radius 2 is 0.882 bits per heavy atom. The Hall–Kier alpha value is 0.532. The number of rotatable bonds is 14. The van der Waals surface area contributed by atoms with Crippen LogP contribution in [0.4, 0.5) is 0 Å². The Balaban J connectivity index is 0.